The molecule has 3 aliphatic rings. The van der Waals surface area contributed by atoms with Crippen molar-refractivity contribution in [3.63, 3.8) is 0 Å². The minimum absolute atomic E-state index is 0.148. The summed E-state index contributed by atoms with van der Waals surface area (Å²) < 4.78 is 53.9. The number of rotatable bonds is 7. The lowest BCUT2D eigenvalue weighted by atomic mass is 9.67. The molecule has 11 heteroatoms. The molecule has 1 N–H and O–H groups in total. The van der Waals surface area contributed by atoms with Crippen LogP contribution in [0.5, 0.6) is 0 Å². The Bertz CT molecular complexity index is 1380. The van der Waals surface area contributed by atoms with Crippen LogP contribution in [0, 0.1) is 23.1 Å². The molecule has 224 valence electrons. The number of carbonyl (C=O) groups excluding carboxylic acids is 4. The lowest BCUT2D eigenvalue weighted by molar-refractivity contribution is -0.146. The molecule has 42 heavy (non-hydrogen) atoms. The van der Waals surface area contributed by atoms with Gasteiger partial charge in [0.05, 0.1) is 22.5 Å². The number of hydrogen-bond acceptors (Lipinski definition) is 4. The van der Waals surface area contributed by atoms with Crippen molar-refractivity contribution >= 4 is 23.6 Å². The van der Waals surface area contributed by atoms with Gasteiger partial charge in [-0.15, -0.1) is 0 Å². The second-order valence-electron chi connectivity index (χ2n) is 11.9. The fourth-order valence-electron chi connectivity index (χ4n) is 6.16. The third-order valence-electron chi connectivity index (χ3n) is 8.73. The van der Waals surface area contributed by atoms with E-state index in [1.54, 1.807) is 13.8 Å². The predicted octanol–water partition coefficient (Wildman–Crippen LogP) is 4.77. The molecule has 0 aromatic heterocycles. The summed E-state index contributed by atoms with van der Waals surface area (Å²) in [5, 5.41) is 2.43. The van der Waals surface area contributed by atoms with Crippen LogP contribution in [0.3, 0.4) is 0 Å². The van der Waals surface area contributed by atoms with Crippen LogP contribution in [0.15, 0.2) is 48.5 Å². The summed E-state index contributed by atoms with van der Waals surface area (Å²) in [7, 11) is 0. The van der Waals surface area contributed by atoms with E-state index in [1.807, 2.05) is 30.3 Å². The molecule has 2 heterocycles. The summed E-state index contributed by atoms with van der Waals surface area (Å²) in [6.45, 7) is 4.03. The number of carbonyl (C=O) groups is 4. The Morgan fingerprint density at radius 2 is 1.67 bits per heavy atom. The average molecular weight is 588 g/mol. The summed E-state index contributed by atoms with van der Waals surface area (Å²) in [6.07, 6.45) is -2.33. The molecule has 2 atom stereocenters. The Morgan fingerprint density at radius 1 is 1.02 bits per heavy atom. The Labute approximate surface area is 241 Å². The minimum atomic E-state index is -4.77. The highest BCUT2D eigenvalue weighted by molar-refractivity contribution is 6.10. The number of imide groups is 1. The first kappa shape index (κ1) is 29.7. The second kappa shape index (κ2) is 11.1. The molecular formula is C31H33F4N3O4. The van der Waals surface area contributed by atoms with Crippen LogP contribution < -0.4 is 5.32 Å². The summed E-state index contributed by atoms with van der Waals surface area (Å²) in [5.41, 5.74) is -2.23. The molecule has 2 saturated heterocycles. The molecule has 2 aliphatic heterocycles. The minimum Gasteiger partial charge on any atom is -0.341 e. The van der Waals surface area contributed by atoms with E-state index in [9.17, 15) is 36.7 Å². The van der Waals surface area contributed by atoms with Gasteiger partial charge < -0.3 is 10.2 Å². The van der Waals surface area contributed by atoms with Crippen molar-refractivity contribution in [3.05, 3.63) is 71.0 Å². The van der Waals surface area contributed by atoms with Crippen molar-refractivity contribution < 1.29 is 36.7 Å². The van der Waals surface area contributed by atoms with Gasteiger partial charge in [-0.2, -0.15) is 13.2 Å². The number of benzene rings is 2. The van der Waals surface area contributed by atoms with Gasteiger partial charge in [0, 0.05) is 19.6 Å². The predicted molar refractivity (Wildman–Crippen MR) is 144 cm³/mol. The SMILES string of the molecule is CC(C)[C@@H](NC(=O)c1cc(C(F)(F)F)ccc1F)C(=O)N1CCC2(CC1)C(=O)N(CC1CC1)C(=O)C2c1ccccc1. The van der Waals surface area contributed by atoms with E-state index < -0.39 is 58.2 Å². The monoisotopic (exact) mass is 587 g/mol. The van der Waals surface area contributed by atoms with E-state index in [4.69, 9.17) is 0 Å². The van der Waals surface area contributed by atoms with Crippen LogP contribution in [0.4, 0.5) is 17.6 Å². The molecule has 0 bridgehead atoms. The standard InChI is InChI=1S/C31H33F4N3O4/c1-18(2)25(36-26(39)22-16-21(31(33,34)35)10-11-23(22)32)28(41)37-14-12-30(13-15-37)24(20-6-4-3-5-7-20)27(40)38(29(30)42)17-19-8-9-19/h3-7,10-11,16,18-19,24-25H,8-9,12-15,17H2,1-2H3,(H,36,39)/t24?,25-/m1/s1. The Kier molecular flexibility index (Phi) is 7.89. The molecule has 5 rings (SSSR count). The van der Waals surface area contributed by atoms with Crippen LogP contribution in [-0.4, -0.2) is 59.1 Å². The van der Waals surface area contributed by atoms with E-state index >= 15 is 0 Å². The van der Waals surface area contributed by atoms with Gasteiger partial charge in [0.25, 0.3) is 5.91 Å². The van der Waals surface area contributed by atoms with E-state index in [-0.39, 0.29) is 37.7 Å². The number of piperidine rings is 1. The Hall–Kier alpha value is -3.76. The van der Waals surface area contributed by atoms with Crippen LogP contribution in [0.25, 0.3) is 0 Å². The highest BCUT2D eigenvalue weighted by atomic mass is 19.4. The van der Waals surface area contributed by atoms with Crippen LogP contribution in [-0.2, 0) is 20.6 Å². The van der Waals surface area contributed by atoms with Gasteiger partial charge in [0.15, 0.2) is 0 Å². The number of alkyl halides is 3. The van der Waals surface area contributed by atoms with Crippen LogP contribution in [0.1, 0.15) is 66.9 Å². The molecule has 2 aromatic rings. The lowest BCUT2D eigenvalue weighted by Crippen LogP contribution is -2.55. The quantitative estimate of drug-likeness (QED) is 0.374. The molecule has 1 spiro atoms. The summed E-state index contributed by atoms with van der Waals surface area (Å²) in [4.78, 5) is 56.8. The van der Waals surface area contributed by atoms with Gasteiger partial charge >= 0.3 is 6.18 Å². The van der Waals surface area contributed by atoms with E-state index in [1.165, 1.54) is 9.80 Å². The van der Waals surface area contributed by atoms with E-state index in [0.29, 0.717) is 30.7 Å². The number of likely N-dealkylation sites (tertiary alicyclic amines) is 2. The highest BCUT2D eigenvalue weighted by Gasteiger charge is 2.61. The van der Waals surface area contributed by atoms with Crippen molar-refractivity contribution in [2.24, 2.45) is 17.3 Å². The normalized spacial score (nSPS) is 21.3. The Balaban J connectivity index is 1.34. The van der Waals surface area contributed by atoms with Gasteiger partial charge in [0.2, 0.25) is 17.7 Å². The fraction of sp³-hybridized carbons (Fsp3) is 0.484. The largest absolute Gasteiger partial charge is 0.416 e. The van der Waals surface area contributed by atoms with E-state index in [2.05, 4.69) is 5.32 Å². The molecule has 1 saturated carbocycles. The molecule has 4 amide bonds. The molecule has 7 nitrogen and oxygen atoms in total. The number of nitrogens with zero attached hydrogens (tertiary/aromatic N) is 2. The molecule has 3 fully saturated rings. The number of hydrogen-bond donors (Lipinski definition) is 1. The fourth-order valence-corrected chi connectivity index (χ4v) is 6.16. The third-order valence-corrected chi connectivity index (χ3v) is 8.73. The third kappa shape index (κ3) is 5.53. The smallest absolute Gasteiger partial charge is 0.341 e. The van der Waals surface area contributed by atoms with Gasteiger partial charge in [-0.25, -0.2) is 4.39 Å². The van der Waals surface area contributed by atoms with Crippen LogP contribution >= 0.6 is 0 Å². The first-order chi connectivity index (χ1) is 19.8. The average Bonchev–Trinajstić information content (AvgIpc) is 3.75. The maximum absolute atomic E-state index is 14.4. The van der Waals surface area contributed by atoms with Crippen LogP contribution in [0.2, 0.25) is 0 Å². The molecular weight excluding hydrogens is 554 g/mol. The lowest BCUT2D eigenvalue weighted by Gasteiger charge is -2.41. The van der Waals surface area contributed by atoms with E-state index in [0.717, 1.165) is 18.4 Å². The van der Waals surface area contributed by atoms with Crippen molar-refractivity contribution in [2.45, 2.75) is 57.7 Å². The zero-order valence-corrected chi connectivity index (χ0v) is 23.4. The van der Waals surface area contributed by atoms with Gasteiger partial charge in [-0.05, 0) is 61.3 Å². The van der Waals surface area contributed by atoms with Crippen molar-refractivity contribution in [3.8, 4) is 0 Å². The van der Waals surface area contributed by atoms with Gasteiger partial charge in [-0.3, -0.25) is 24.1 Å². The maximum atomic E-state index is 14.4. The van der Waals surface area contributed by atoms with Crippen molar-refractivity contribution in [2.75, 3.05) is 19.6 Å². The molecule has 1 unspecified atom stereocenters. The Morgan fingerprint density at radius 3 is 2.24 bits per heavy atom. The topological polar surface area (TPSA) is 86.8 Å². The van der Waals surface area contributed by atoms with Gasteiger partial charge in [0.1, 0.15) is 11.9 Å². The zero-order chi connectivity index (χ0) is 30.4. The zero-order valence-electron chi connectivity index (χ0n) is 23.4. The summed E-state index contributed by atoms with van der Waals surface area (Å²) in [5.74, 6) is -3.98. The van der Waals surface area contributed by atoms with Crippen molar-refractivity contribution in [1.29, 1.82) is 0 Å². The second-order valence-corrected chi connectivity index (χ2v) is 11.9. The number of amides is 4. The highest BCUT2D eigenvalue weighted by Crippen LogP contribution is 2.52. The summed E-state index contributed by atoms with van der Waals surface area (Å²) in [6, 6.07) is 9.58. The molecule has 2 aromatic carbocycles. The summed E-state index contributed by atoms with van der Waals surface area (Å²) >= 11 is 0. The number of halogens is 4. The number of nitrogens with one attached hydrogen (secondary N) is 1. The molecule has 0 radical (unpaired) electrons. The molecule has 1 aliphatic carbocycles. The first-order valence-corrected chi connectivity index (χ1v) is 14.2. The first-order valence-electron chi connectivity index (χ1n) is 14.2. The maximum Gasteiger partial charge on any atom is 0.416 e. The van der Waals surface area contributed by atoms with Crippen molar-refractivity contribution in [1.82, 2.24) is 15.1 Å². The van der Waals surface area contributed by atoms with Gasteiger partial charge in [-0.1, -0.05) is 44.2 Å².